The highest BCUT2D eigenvalue weighted by atomic mass is 19.4. The number of aromatic nitrogens is 1. The summed E-state index contributed by atoms with van der Waals surface area (Å²) in [6, 6.07) is 8.30. The van der Waals surface area contributed by atoms with Crippen molar-refractivity contribution < 1.29 is 55.3 Å². The molecule has 9 nitrogen and oxygen atoms in total. The summed E-state index contributed by atoms with van der Waals surface area (Å²) in [5, 5.41) is 14.2. The minimum absolute atomic E-state index is 0.337. The number of aliphatic carboxylic acids is 2. The maximum atomic E-state index is 10.6. The second kappa shape index (κ2) is 14.3. The largest absolute Gasteiger partial charge is 0.490 e. The van der Waals surface area contributed by atoms with Crippen molar-refractivity contribution in [3.05, 3.63) is 53.7 Å². The van der Waals surface area contributed by atoms with Crippen LogP contribution in [0.2, 0.25) is 0 Å². The van der Waals surface area contributed by atoms with Crippen molar-refractivity contribution in [2.45, 2.75) is 44.9 Å². The van der Waals surface area contributed by atoms with Crippen LogP contribution in [0.25, 0.3) is 0 Å². The van der Waals surface area contributed by atoms with Crippen LogP contribution in [0.3, 0.4) is 0 Å². The van der Waals surface area contributed by atoms with Gasteiger partial charge in [-0.15, -0.1) is 0 Å². The molecule has 2 aromatic rings. The predicted octanol–water partition coefficient (Wildman–Crippen LogP) is 3.97. The van der Waals surface area contributed by atoms with Gasteiger partial charge in [-0.25, -0.2) is 9.59 Å². The van der Waals surface area contributed by atoms with Gasteiger partial charge in [0.2, 0.25) is 0 Å². The Morgan fingerprint density at radius 1 is 0.974 bits per heavy atom. The molecule has 2 N–H and O–H groups in total. The summed E-state index contributed by atoms with van der Waals surface area (Å²) < 4.78 is 75.4. The Labute approximate surface area is 220 Å². The van der Waals surface area contributed by atoms with E-state index in [-0.39, 0.29) is 0 Å². The fourth-order valence-electron chi connectivity index (χ4n) is 4.01. The van der Waals surface area contributed by atoms with Gasteiger partial charge in [-0.2, -0.15) is 26.3 Å². The summed E-state index contributed by atoms with van der Waals surface area (Å²) in [7, 11) is 0. The Kier molecular flexibility index (Phi) is 11.7. The van der Waals surface area contributed by atoms with Crippen molar-refractivity contribution >= 4 is 11.9 Å². The van der Waals surface area contributed by atoms with Gasteiger partial charge in [0, 0.05) is 44.5 Å². The van der Waals surface area contributed by atoms with Gasteiger partial charge in [0.25, 0.3) is 0 Å². The van der Waals surface area contributed by atoms with Crippen LogP contribution in [0.5, 0.6) is 0 Å². The number of aryl methyl sites for hydroxylation is 1. The molecule has 0 spiro atoms. The Balaban J connectivity index is 0.000000317. The van der Waals surface area contributed by atoms with Crippen LogP contribution in [-0.4, -0.2) is 88.2 Å². The molecular weight excluding hydrogens is 540 g/mol. The van der Waals surface area contributed by atoms with E-state index >= 15 is 0 Å². The van der Waals surface area contributed by atoms with Gasteiger partial charge in [-0.05, 0) is 43.7 Å². The Morgan fingerprint density at radius 2 is 1.59 bits per heavy atom. The van der Waals surface area contributed by atoms with Crippen LogP contribution in [0.1, 0.15) is 23.5 Å². The van der Waals surface area contributed by atoms with Crippen molar-refractivity contribution in [1.29, 1.82) is 0 Å². The van der Waals surface area contributed by atoms with Gasteiger partial charge < -0.3 is 19.4 Å². The summed E-state index contributed by atoms with van der Waals surface area (Å²) in [6.45, 7) is 8.91. The molecule has 0 radical (unpaired) electrons. The number of rotatable bonds is 4. The highest BCUT2D eigenvalue weighted by molar-refractivity contribution is 5.73. The quantitative estimate of drug-likeness (QED) is 0.528. The van der Waals surface area contributed by atoms with E-state index in [1.807, 2.05) is 31.5 Å². The van der Waals surface area contributed by atoms with Crippen molar-refractivity contribution in [1.82, 2.24) is 14.8 Å². The predicted molar refractivity (Wildman–Crippen MR) is 123 cm³/mol. The average Bonchev–Trinajstić information content (AvgIpc) is 3.14. The van der Waals surface area contributed by atoms with Gasteiger partial charge in [-0.1, -0.05) is 6.07 Å². The van der Waals surface area contributed by atoms with Crippen LogP contribution in [-0.2, 0) is 27.4 Å². The van der Waals surface area contributed by atoms with Crippen molar-refractivity contribution in [3.63, 3.8) is 0 Å². The lowest BCUT2D eigenvalue weighted by Crippen LogP contribution is -2.46. The number of hydrogen-bond acceptors (Lipinski definition) is 7. The second-order valence-electron chi connectivity index (χ2n) is 8.91. The lowest BCUT2D eigenvalue weighted by molar-refractivity contribution is -0.193. The van der Waals surface area contributed by atoms with E-state index in [9.17, 15) is 26.3 Å². The third-order valence-corrected chi connectivity index (χ3v) is 5.80. The van der Waals surface area contributed by atoms with E-state index in [1.165, 1.54) is 12.0 Å². The number of hydrogen-bond donors (Lipinski definition) is 2. The lowest BCUT2D eigenvalue weighted by atomic mass is 9.93. The molecule has 2 aliphatic heterocycles. The van der Waals surface area contributed by atoms with E-state index in [1.54, 1.807) is 0 Å². The van der Waals surface area contributed by atoms with Crippen LogP contribution in [0, 0.1) is 12.8 Å². The maximum absolute atomic E-state index is 10.6. The Hall–Kier alpha value is -3.17. The number of piperidine rings is 1. The number of carboxylic acid groups (broad SMARTS) is 2. The molecule has 0 amide bonds. The first-order valence-electron chi connectivity index (χ1n) is 11.8. The molecule has 0 saturated carbocycles. The standard InChI is InChI=1S/C20H27N3O2.2C2HF3O2/c1-16-4-5-19(25-16)14-22-8-6-18-13-23(9-10-24-20(18)15-22)12-17-3-2-7-21-11-17;2*3-2(4,5)1(6)7/h2-5,7,11,18,20H,6,8-10,12-15H2,1H3;2*(H,6,7). The minimum Gasteiger partial charge on any atom is -0.475 e. The fraction of sp³-hybridized carbons (Fsp3) is 0.542. The monoisotopic (exact) mass is 569 g/mol. The van der Waals surface area contributed by atoms with Crippen LogP contribution in [0.15, 0.2) is 41.1 Å². The number of nitrogens with zero attached hydrogens (tertiary/aromatic N) is 3. The number of pyridine rings is 1. The van der Waals surface area contributed by atoms with Gasteiger partial charge >= 0.3 is 24.3 Å². The number of carboxylic acids is 2. The normalized spacial score (nSPS) is 20.4. The molecule has 4 heterocycles. The summed E-state index contributed by atoms with van der Waals surface area (Å²) in [5.74, 6) is -2.85. The van der Waals surface area contributed by atoms with E-state index < -0.39 is 24.3 Å². The zero-order chi connectivity index (χ0) is 29.2. The van der Waals surface area contributed by atoms with Crippen LogP contribution >= 0.6 is 0 Å². The van der Waals surface area contributed by atoms with E-state index in [0.717, 1.165) is 57.4 Å². The van der Waals surface area contributed by atoms with Crippen molar-refractivity contribution in [2.75, 3.05) is 32.8 Å². The van der Waals surface area contributed by atoms with Gasteiger partial charge in [0.05, 0.1) is 19.3 Å². The topological polar surface area (TPSA) is 116 Å². The number of alkyl halides is 6. The molecule has 39 heavy (non-hydrogen) atoms. The summed E-state index contributed by atoms with van der Waals surface area (Å²) >= 11 is 0. The van der Waals surface area contributed by atoms with Crippen LogP contribution < -0.4 is 0 Å². The molecule has 0 aromatic carbocycles. The molecule has 4 rings (SSSR count). The van der Waals surface area contributed by atoms with E-state index in [4.69, 9.17) is 29.0 Å². The number of ether oxygens (including phenoxy) is 1. The molecule has 2 fully saturated rings. The van der Waals surface area contributed by atoms with Gasteiger partial charge in [0.15, 0.2) is 0 Å². The SMILES string of the molecule is Cc1ccc(CN2CCC3CN(Cc4cccnc4)CCOC3C2)o1.O=C(O)C(F)(F)F.O=C(O)C(F)(F)F. The van der Waals surface area contributed by atoms with Crippen LogP contribution in [0.4, 0.5) is 26.3 Å². The lowest BCUT2D eigenvalue weighted by Gasteiger charge is -2.37. The summed E-state index contributed by atoms with van der Waals surface area (Å²) in [5.41, 5.74) is 1.28. The Morgan fingerprint density at radius 3 is 2.10 bits per heavy atom. The zero-order valence-electron chi connectivity index (χ0n) is 20.9. The molecule has 2 unspecified atom stereocenters. The third-order valence-electron chi connectivity index (χ3n) is 5.80. The molecule has 0 bridgehead atoms. The molecule has 2 atom stereocenters. The second-order valence-corrected chi connectivity index (χ2v) is 8.91. The number of halogens is 6. The van der Waals surface area contributed by atoms with Gasteiger partial charge in [-0.3, -0.25) is 14.8 Å². The number of fused-ring (bicyclic) bond motifs is 1. The fourth-order valence-corrected chi connectivity index (χ4v) is 4.01. The molecule has 218 valence electrons. The maximum Gasteiger partial charge on any atom is 0.490 e. The van der Waals surface area contributed by atoms with E-state index in [0.29, 0.717) is 12.0 Å². The first kappa shape index (κ1) is 32.0. The number of likely N-dealkylation sites (tertiary alicyclic amines) is 1. The molecule has 2 aliphatic rings. The minimum atomic E-state index is -5.08. The molecular formula is C24H29F6N3O6. The smallest absolute Gasteiger partial charge is 0.475 e. The van der Waals surface area contributed by atoms with Crippen molar-refractivity contribution in [2.24, 2.45) is 5.92 Å². The Bertz CT molecular complexity index is 1020. The highest BCUT2D eigenvalue weighted by Crippen LogP contribution is 2.26. The first-order chi connectivity index (χ1) is 18.1. The van der Waals surface area contributed by atoms with Gasteiger partial charge in [0.1, 0.15) is 11.5 Å². The van der Waals surface area contributed by atoms with E-state index in [2.05, 4.69) is 26.9 Å². The zero-order valence-corrected chi connectivity index (χ0v) is 20.9. The first-order valence-corrected chi connectivity index (χ1v) is 11.8. The van der Waals surface area contributed by atoms with Crippen molar-refractivity contribution in [3.8, 4) is 0 Å². The number of furan rings is 1. The molecule has 2 aromatic heterocycles. The average molecular weight is 569 g/mol. The third kappa shape index (κ3) is 11.6. The molecule has 0 aliphatic carbocycles. The summed E-state index contributed by atoms with van der Waals surface area (Å²) in [6.07, 6.45) is -4.84. The molecule has 15 heteroatoms. The highest BCUT2D eigenvalue weighted by Gasteiger charge is 2.39. The summed E-state index contributed by atoms with van der Waals surface area (Å²) in [4.78, 5) is 27.0. The number of carbonyl (C=O) groups is 2. The molecule has 2 saturated heterocycles.